The van der Waals surface area contributed by atoms with E-state index in [0.29, 0.717) is 0 Å². The molecule has 0 aromatic heterocycles. The minimum absolute atomic E-state index is 0.376. The van der Waals surface area contributed by atoms with Crippen LogP contribution in [0.3, 0.4) is 0 Å². The van der Waals surface area contributed by atoms with Crippen molar-refractivity contribution >= 4 is 12.0 Å². The van der Waals surface area contributed by atoms with E-state index in [9.17, 15) is 9.59 Å². The minimum atomic E-state index is -1.21. The highest BCUT2D eigenvalue weighted by molar-refractivity contribution is 5.85. The van der Waals surface area contributed by atoms with Gasteiger partial charge in [0, 0.05) is 20.1 Å². The van der Waals surface area contributed by atoms with Crippen LogP contribution in [0.5, 0.6) is 0 Å². The van der Waals surface area contributed by atoms with Gasteiger partial charge < -0.3 is 10.0 Å². The molecule has 17 heavy (non-hydrogen) atoms. The van der Waals surface area contributed by atoms with Crippen LogP contribution in [0.15, 0.2) is 0 Å². The SMILES string of the molecule is CN(C(=O)NN1CCCCC1)C(C)(C)C(=O)O. The molecule has 1 aliphatic heterocycles. The Labute approximate surface area is 102 Å². The van der Waals surface area contributed by atoms with E-state index in [4.69, 9.17) is 5.11 Å². The van der Waals surface area contributed by atoms with E-state index >= 15 is 0 Å². The first-order valence-corrected chi connectivity index (χ1v) is 5.88. The van der Waals surface area contributed by atoms with Crippen LogP contribution >= 0.6 is 0 Å². The van der Waals surface area contributed by atoms with Crippen molar-refractivity contribution in [3.63, 3.8) is 0 Å². The zero-order valence-corrected chi connectivity index (χ0v) is 10.7. The number of carboxylic acids is 1. The second-order valence-electron chi connectivity index (χ2n) is 4.89. The number of carbonyl (C=O) groups is 2. The molecule has 6 nitrogen and oxygen atoms in total. The molecule has 2 amide bonds. The highest BCUT2D eigenvalue weighted by Gasteiger charge is 2.35. The minimum Gasteiger partial charge on any atom is -0.480 e. The van der Waals surface area contributed by atoms with E-state index in [1.165, 1.54) is 32.2 Å². The fourth-order valence-corrected chi connectivity index (χ4v) is 1.61. The maximum absolute atomic E-state index is 11.9. The maximum atomic E-state index is 11.9. The number of nitrogens with one attached hydrogen (secondary N) is 1. The van der Waals surface area contributed by atoms with Crippen LogP contribution in [0.25, 0.3) is 0 Å². The Morgan fingerprint density at radius 3 is 2.24 bits per heavy atom. The Balaban J connectivity index is 2.54. The van der Waals surface area contributed by atoms with Gasteiger partial charge in [-0.15, -0.1) is 0 Å². The van der Waals surface area contributed by atoms with Crippen LogP contribution < -0.4 is 5.43 Å². The molecule has 0 radical (unpaired) electrons. The summed E-state index contributed by atoms with van der Waals surface area (Å²) in [5.41, 5.74) is 1.53. The lowest BCUT2D eigenvalue weighted by Crippen LogP contribution is -2.57. The summed E-state index contributed by atoms with van der Waals surface area (Å²) in [6.45, 7) is 4.66. The number of hydrogen-bond donors (Lipinski definition) is 2. The fourth-order valence-electron chi connectivity index (χ4n) is 1.61. The summed E-state index contributed by atoms with van der Waals surface area (Å²) in [6.07, 6.45) is 3.31. The average Bonchev–Trinajstić information content (AvgIpc) is 2.29. The topological polar surface area (TPSA) is 72.9 Å². The van der Waals surface area contributed by atoms with Gasteiger partial charge in [0.05, 0.1) is 0 Å². The molecule has 0 aromatic rings. The van der Waals surface area contributed by atoms with E-state index in [-0.39, 0.29) is 6.03 Å². The Morgan fingerprint density at radius 1 is 1.24 bits per heavy atom. The van der Waals surface area contributed by atoms with Gasteiger partial charge in [0.15, 0.2) is 0 Å². The lowest BCUT2D eigenvalue weighted by molar-refractivity contribution is -0.147. The first-order valence-electron chi connectivity index (χ1n) is 5.88. The van der Waals surface area contributed by atoms with Crippen molar-refractivity contribution in [2.45, 2.75) is 38.6 Å². The third-order valence-electron chi connectivity index (χ3n) is 3.28. The highest BCUT2D eigenvalue weighted by Crippen LogP contribution is 2.13. The fraction of sp³-hybridized carbons (Fsp3) is 0.818. The number of carboxylic acid groups (broad SMARTS) is 1. The van der Waals surface area contributed by atoms with Crippen molar-refractivity contribution in [3.05, 3.63) is 0 Å². The van der Waals surface area contributed by atoms with Gasteiger partial charge in [0.2, 0.25) is 0 Å². The van der Waals surface area contributed by atoms with Gasteiger partial charge in [0.1, 0.15) is 5.54 Å². The van der Waals surface area contributed by atoms with Crippen molar-refractivity contribution < 1.29 is 14.7 Å². The molecule has 0 unspecified atom stereocenters. The Morgan fingerprint density at radius 2 is 1.76 bits per heavy atom. The van der Waals surface area contributed by atoms with E-state index < -0.39 is 11.5 Å². The van der Waals surface area contributed by atoms with E-state index in [2.05, 4.69) is 5.43 Å². The predicted octanol–water partition coefficient (Wildman–Crippen LogP) is 0.892. The molecule has 1 heterocycles. The van der Waals surface area contributed by atoms with Crippen LogP contribution in [0.4, 0.5) is 4.79 Å². The van der Waals surface area contributed by atoms with Gasteiger partial charge in [-0.2, -0.15) is 0 Å². The third-order valence-corrected chi connectivity index (χ3v) is 3.28. The lowest BCUT2D eigenvalue weighted by atomic mass is 10.1. The lowest BCUT2D eigenvalue weighted by Gasteiger charge is -2.34. The number of aliphatic carboxylic acids is 1. The number of hydrogen-bond acceptors (Lipinski definition) is 3. The number of piperidine rings is 1. The number of carbonyl (C=O) groups excluding carboxylic acids is 1. The van der Waals surface area contributed by atoms with Gasteiger partial charge in [-0.1, -0.05) is 6.42 Å². The van der Waals surface area contributed by atoms with Crippen molar-refractivity contribution in [2.75, 3.05) is 20.1 Å². The summed E-state index contributed by atoms with van der Waals surface area (Å²) in [5, 5.41) is 10.9. The molecule has 98 valence electrons. The molecule has 1 rings (SSSR count). The molecule has 0 bridgehead atoms. The largest absolute Gasteiger partial charge is 0.480 e. The molecular weight excluding hydrogens is 222 g/mol. The Hall–Kier alpha value is -1.30. The summed E-state index contributed by atoms with van der Waals surface area (Å²) in [5.74, 6) is -1.02. The molecule has 0 aromatic carbocycles. The number of amides is 2. The van der Waals surface area contributed by atoms with Crippen LogP contribution in [-0.4, -0.2) is 52.7 Å². The Bertz CT molecular complexity index is 298. The number of rotatable bonds is 3. The molecule has 2 N–H and O–H groups in total. The van der Waals surface area contributed by atoms with Crippen molar-refractivity contribution in [3.8, 4) is 0 Å². The van der Waals surface area contributed by atoms with Crippen LogP contribution in [0.1, 0.15) is 33.1 Å². The van der Waals surface area contributed by atoms with Crippen LogP contribution in [0.2, 0.25) is 0 Å². The molecular formula is C11H21N3O3. The van der Waals surface area contributed by atoms with Crippen molar-refractivity contribution in [1.82, 2.24) is 15.3 Å². The molecule has 0 saturated carbocycles. The highest BCUT2D eigenvalue weighted by atomic mass is 16.4. The van der Waals surface area contributed by atoms with Gasteiger partial charge in [-0.05, 0) is 26.7 Å². The van der Waals surface area contributed by atoms with Crippen molar-refractivity contribution in [2.24, 2.45) is 0 Å². The zero-order valence-electron chi connectivity index (χ0n) is 10.7. The summed E-state index contributed by atoms with van der Waals surface area (Å²) >= 11 is 0. The molecule has 6 heteroatoms. The smallest absolute Gasteiger partial charge is 0.332 e. The molecule has 1 saturated heterocycles. The first kappa shape index (κ1) is 13.8. The summed E-state index contributed by atoms with van der Waals surface area (Å²) in [4.78, 5) is 24.1. The zero-order chi connectivity index (χ0) is 13.1. The average molecular weight is 243 g/mol. The van der Waals surface area contributed by atoms with Gasteiger partial charge in [0.25, 0.3) is 0 Å². The first-order chi connectivity index (χ1) is 7.85. The van der Waals surface area contributed by atoms with Gasteiger partial charge in [-0.25, -0.2) is 14.6 Å². The normalized spacial score (nSPS) is 17.6. The molecule has 0 spiro atoms. The van der Waals surface area contributed by atoms with Crippen molar-refractivity contribution in [1.29, 1.82) is 0 Å². The number of likely N-dealkylation sites (N-methyl/N-ethyl adjacent to an activating group) is 1. The molecule has 1 fully saturated rings. The monoisotopic (exact) mass is 243 g/mol. The summed E-state index contributed by atoms with van der Waals surface area (Å²) < 4.78 is 0. The van der Waals surface area contributed by atoms with Crippen LogP contribution in [-0.2, 0) is 4.79 Å². The van der Waals surface area contributed by atoms with Gasteiger partial charge in [-0.3, -0.25) is 5.43 Å². The number of urea groups is 1. The number of nitrogens with zero attached hydrogens (tertiary/aromatic N) is 2. The molecule has 0 aliphatic carbocycles. The number of hydrazine groups is 1. The molecule has 1 aliphatic rings. The van der Waals surface area contributed by atoms with Gasteiger partial charge >= 0.3 is 12.0 Å². The quantitative estimate of drug-likeness (QED) is 0.772. The predicted molar refractivity (Wildman–Crippen MR) is 63.4 cm³/mol. The second-order valence-corrected chi connectivity index (χ2v) is 4.89. The second kappa shape index (κ2) is 5.35. The standard InChI is InChI=1S/C11H21N3O3/c1-11(2,9(15)16)13(3)10(17)12-14-7-5-4-6-8-14/h4-8H2,1-3H3,(H,12,17)(H,15,16). The third kappa shape index (κ3) is 3.33. The van der Waals surface area contributed by atoms with E-state index in [1.807, 2.05) is 5.01 Å². The van der Waals surface area contributed by atoms with Crippen LogP contribution in [0, 0.1) is 0 Å². The maximum Gasteiger partial charge on any atom is 0.332 e. The summed E-state index contributed by atoms with van der Waals surface area (Å²) in [7, 11) is 1.49. The Kier molecular flexibility index (Phi) is 4.34. The summed E-state index contributed by atoms with van der Waals surface area (Å²) in [6, 6.07) is -0.376. The van der Waals surface area contributed by atoms with E-state index in [1.54, 1.807) is 0 Å². The van der Waals surface area contributed by atoms with E-state index in [0.717, 1.165) is 25.9 Å². The molecule has 0 atom stereocenters.